The summed E-state index contributed by atoms with van der Waals surface area (Å²) in [4.78, 5) is 31.7. The van der Waals surface area contributed by atoms with Crippen molar-refractivity contribution in [2.45, 2.75) is 18.5 Å². The van der Waals surface area contributed by atoms with Gasteiger partial charge in [-0.15, -0.1) is 0 Å². The van der Waals surface area contributed by atoms with E-state index in [-0.39, 0.29) is 18.9 Å². The lowest BCUT2D eigenvalue weighted by atomic mass is 9.92. The number of rotatable bonds is 3. The highest BCUT2D eigenvalue weighted by atomic mass is 19.1. The number of piperidine rings is 1. The van der Waals surface area contributed by atoms with Gasteiger partial charge in [0.2, 0.25) is 5.67 Å². The first-order valence-corrected chi connectivity index (χ1v) is 9.52. The van der Waals surface area contributed by atoms with Crippen LogP contribution in [0.15, 0.2) is 24.3 Å². The Labute approximate surface area is 162 Å². The smallest absolute Gasteiger partial charge is 0.270 e. The van der Waals surface area contributed by atoms with E-state index in [1.54, 1.807) is 13.2 Å². The zero-order valence-corrected chi connectivity index (χ0v) is 15.9. The Hall–Kier alpha value is -2.61. The number of aromatic nitrogens is 1. The number of methoxy groups -OCH3 is 1. The lowest BCUT2D eigenvalue weighted by Gasteiger charge is -2.39. The molecule has 0 radical (unpaired) electrons. The second kappa shape index (κ2) is 7.43. The lowest BCUT2D eigenvalue weighted by Crippen LogP contribution is -2.58. The molecule has 2 aromatic rings. The van der Waals surface area contributed by atoms with Gasteiger partial charge >= 0.3 is 0 Å². The van der Waals surface area contributed by atoms with Gasteiger partial charge in [0.1, 0.15) is 11.4 Å². The number of nitrogens with one attached hydrogen (secondary N) is 1. The maximum absolute atomic E-state index is 15.5. The summed E-state index contributed by atoms with van der Waals surface area (Å²) >= 11 is 0. The molecule has 0 aliphatic carbocycles. The molecule has 1 aromatic carbocycles. The molecule has 1 aromatic heterocycles. The highest BCUT2D eigenvalue weighted by Crippen LogP contribution is 2.30. The van der Waals surface area contributed by atoms with E-state index in [1.165, 1.54) is 9.80 Å². The number of halogens is 1. The fourth-order valence-corrected chi connectivity index (χ4v) is 3.93. The average Bonchev–Trinajstić information content (AvgIpc) is 3.16. The van der Waals surface area contributed by atoms with E-state index in [4.69, 9.17) is 9.47 Å². The summed E-state index contributed by atoms with van der Waals surface area (Å²) in [7, 11) is 1.58. The van der Waals surface area contributed by atoms with Crippen molar-refractivity contribution in [1.29, 1.82) is 0 Å². The zero-order valence-electron chi connectivity index (χ0n) is 15.9. The van der Waals surface area contributed by atoms with Crippen LogP contribution in [0, 0.1) is 0 Å². The summed E-state index contributed by atoms with van der Waals surface area (Å²) in [6.07, 6.45) is 0.587. The molecule has 2 aliphatic heterocycles. The molecule has 3 heterocycles. The molecule has 150 valence electrons. The predicted molar refractivity (Wildman–Crippen MR) is 101 cm³/mol. The van der Waals surface area contributed by atoms with Crippen LogP contribution in [-0.2, 0) is 9.53 Å². The third-order valence-corrected chi connectivity index (χ3v) is 5.47. The molecular weight excluding hydrogens is 365 g/mol. The van der Waals surface area contributed by atoms with Gasteiger partial charge < -0.3 is 24.3 Å². The van der Waals surface area contributed by atoms with Crippen LogP contribution < -0.4 is 4.74 Å². The van der Waals surface area contributed by atoms with E-state index in [2.05, 4.69) is 4.98 Å². The summed E-state index contributed by atoms with van der Waals surface area (Å²) < 4.78 is 26.0. The molecule has 1 N–H and O–H groups in total. The van der Waals surface area contributed by atoms with Gasteiger partial charge in [-0.3, -0.25) is 9.59 Å². The number of aromatic amines is 1. The monoisotopic (exact) mass is 389 g/mol. The number of likely N-dealkylation sites (tertiary alicyclic amines) is 1. The summed E-state index contributed by atoms with van der Waals surface area (Å²) in [6.45, 7) is 1.83. The SMILES string of the molecule is COc1ccc2cc(C(=O)N3CCCC(F)(C(=O)N4CCOCC4)C3)[nH]c2c1. The van der Waals surface area contributed by atoms with Gasteiger partial charge in [0.25, 0.3) is 11.8 Å². The Morgan fingerprint density at radius 2 is 1.96 bits per heavy atom. The van der Waals surface area contributed by atoms with E-state index < -0.39 is 11.6 Å². The van der Waals surface area contributed by atoms with E-state index in [1.807, 2.05) is 18.2 Å². The Kier molecular flexibility index (Phi) is 4.97. The molecule has 1 unspecified atom stereocenters. The minimum Gasteiger partial charge on any atom is -0.497 e. The van der Waals surface area contributed by atoms with Gasteiger partial charge in [-0.1, -0.05) is 0 Å². The average molecular weight is 389 g/mol. The van der Waals surface area contributed by atoms with Gasteiger partial charge in [0, 0.05) is 36.6 Å². The van der Waals surface area contributed by atoms with Crippen molar-refractivity contribution in [3.63, 3.8) is 0 Å². The number of H-pyrrole nitrogens is 1. The van der Waals surface area contributed by atoms with Crippen LogP contribution in [0.3, 0.4) is 0 Å². The van der Waals surface area contributed by atoms with Crippen molar-refractivity contribution in [3.05, 3.63) is 30.0 Å². The molecule has 0 spiro atoms. The highest BCUT2D eigenvalue weighted by Gasteiger charge is 2.46. The van der Waals surface area contributed by atoms with Crippen LogP contribution in [0.5, 0.6) is 5.75 Å². The molecule has 0 bridgehead atoms. The van der Waals surface area contributed by atoms with E-state index in [0.717, 1.165) is 10.9 Å². The Morgan fingerprint density at radius 1 is 1.18 bits per heavy atom. The van der Waals surface area contributed by atoms with E-state index in [9.17, 15) is 9.59 Å². The van der Waals surface area contributed by atoms with E-state index in [0.29, 0.717) is 50.7 Å². The van der Waals surface area contributed by atoms with Crippen LogP contribution >= 0.6 is 0 Å². The molecule has 2 saturated heterocycles. The molecular formula is C20H24FN3O4. The lowest BCUT2D eigenvalue weighted by molar-refractivity contribution is -0.151. The minimum absolute atomic E-state index is 0.136. The fourth-order valence-electron chi connectivity index (χ4n) is 3.93. The van der Waals surface area contributed by atoms with Crippen molar-refractivity contribution in [2.75, 3.05) is 46.5 Å². The third-order valence-electron chi connectivity index (χ3n) is 5.47. The van der Waals surface area contributed by atoms with Gasteiger partial charge in [0.15, 0.2) is 0 Å². The quantitative estimate of drug-likeness (QED) is 0.871. The standard InChI is InChI=1S/C20H24FN3O4/c1-27-15-4-3-14-11-17(22-16(14)12-15)18(25)24-6-2-5-20(21,13-24)19(26)23-7-9-28-10-8-23/h3-4,11-12,22H,2,5-10,13H2,1H3. The van der Waals surface area contributed by atoms with Gasteiger partial charge in [0.05, 0.1) is 26.9 Å². The zero-order chi connectivity index (χ0) is 19.7. The third kappa shape index (κ3) is 3.44. The minimum atomic E-state index is -2.04. The maximum atomic E-state index is 15.5. The van der Waals surface area contributed by atoms with Crippen LogP contribution in [0.4, 0.5) is 4.39 Å². The van der Waals surface area contributed by atoms with Gasteiger partial charge in [-0.05, 0) is 31.0 Å². The molecule has 1 atom stereocenters. The van der Waals surface area contributed by atoms with Crippen LogP contribution in [0.1, 0.15) is 23.3 Å². The molecule has 7 nitrogen and oxygen atoms in total. The number of alkyl halides is 1. The molecule has 8 heteroatoms. The topological polar surface area (TPSA) is 74.9 Å². The molecule has 2 fully saturated rings. The van der Waals surface area contributed by atoms with Crippen LogP contribution in [0.25, 0.3) is 10.9 Å². The Balaban J connectivity index is 1.52. The maximum Gasteiger partial charge on any atom is 0.270 e. The summed E-state index contributed by atoms with van der Waals surface area (Å²) in [6, 6.07) is 7.23. The molecule has 2 amide bonds. The predicted octanol–water partition coefficient (Wildman–Crippen LogP) is 1.98. The number of nitrogens with zero attached hydrogens (tertiary/aromatic N) is 2. The van der Waals surface area contributed by atoms with Gasteiger partial charge in [-0.25, -0.2) is 4.39 Å². The Bertz CT molecular complexity index is 893. The van der Waals surface area contributed by atoms with Crippen molar-refractivity contribution in [2.24, 2.45) is 0 Å². The number of carbonyl (C=O) groups is 2. The molecule has 28 heavy (non-hydrogen) atoms. The van der Waals surface area contributed by atoms with Crippen molar-refractivity contribution >= 4 is 22.7 Å². The second-order valence-electron chi connectivity index (χ2n) is 7.34. The number of hydrogen-bond acceptors (Lipinski definition) is 4. The first kappa shape index (κ1) is 18.7. The normalized spacial score (nSPS) is 23.1. The number of amides is 2. The van der Waals surface area contributed by atoms with Crippen LogP contribution in [0.2, 0.25) is 0 Å². The van der Waals surface area contributed by atoms with Gasteiger partial charge in [-0.2, -0.15) is 0 Å². The summed E-state index contributed by atoms with van der Waals surface area (Å²) in [5.41, 5.74) is -0.887. The number of hydrogen-bond donors (Lipinski definition) is 1. The largest absolute Gasteiger partial charge is 0.497 e. The first-order chi connectivity index (χ1) is 13.5. The Morgan fingerprint density at radius 3 is 2.71 bits per heavy atom. The highest BCUT2D eigenvalue weighted by molar-refractivity contribution is 5.99. The molecule has 4 rings (SSSR count). The summed E-state index contributed by atoms with van der Waals surface area (Å²) in [5, 5.41) is 0.872. The number of benzene rings is 1. The molecule has 2 aliphatic rings. The van der Waals surface area contributed by atoms with Crippen molar-refractivity contribution < 1.29 is 23.5 Å². The van der Waals surface area contributed by atoms with Crippen molar-refractivity contribution in [3.8, 4) is 5.75 Å². The summed E-state index contributed by atoms with van der Waals surface area (Å²) in [5.74, 6) is -0.147. The second-order valence-corrected chi connectivity index (χ2v) is 7.34. The molecule has 0 saturated carbocycles. The number of ether oxygens (including phenoxy) is 2. The number of morpholine rings is 1. The fraction of sp³-hybridized carbons (Fsp3) is 0.500. The van der Waals surface area contributed by atoms with E-state index >= 15 is 4.39 Å². The first-order valence-electron chi connectivity index (χ1n) is 9.52. The number of carbonyl (C=O) groups excluding carboxylic acids is 2. The van der Waals surface area contributed by atoms with Crippen LogP contribution in [-0.4, -0.2) is 78.8 Å². The van der Waals surface area contributed by atoms with Crippen molar-refractivity contribution in [1.82, 2.24) is 14.8 Å². The number of fused-ring (bicyclic) bond motifs is 1.